The van der Waals surface area contributed by atoms with Crippen molar-refractivity contribution in [2.24, 2.45) is 0 Å². The molecule has 27 heavy (non-hydrogen) atoms. The molecule has 0 spiro atoms. The van der Waals surface area contributed by atoms with Gasteiger partial charge in [-0.05, 0) is 47.1 Å². The van der Waals surface area contributed by atoms with Gasteiger partial charge in [-0.1, -0.05) is 59.7 Å². The van der Waals surface area contributed by atoms with Crippen molar-refractivity contribution in [2.45, 2.75) is 59.3 Å². The number of ether oxygens (including phenoxy) is 2. The summed E-state index contributed by atoms with van der Waals surface area (Å²) in [6.45, 7) is 17.5. The first-order valence-electron chi connectivity index (χ1n) is 9.86. The normalized spacial score (nSPS) is 12.0. The zero-order chi connectivity index (χ0) is 20.1. The minimum absolute atomic E-state index is 0.0375. The van der Waals surface area contributed by atoms with E-state index in [4.69, 9.17) is 9.47 Å². The molecule has 0 saturated heterocycles. The Morgan fingerprint density at radius 3 is 2.22 bits per heavy atom. The van der Waals surface area contributed by atoms with Gasteiger partial charge >= 0.3 is 0 Å². The second-order valence-electron chi connectivity index (χ2n) is 8.95. The monoisotopic (exact) mass is 369 g/mol. The zero-order valence-corrected chi connectivity index (χ0v) is 18.0. The van der Waals surface area contributed by atoms with E-state index in [9.17, 15) is 0 Å². The largest absolute Gasteiger partial charge is 0.494 e. The Hall–Kier alpha value is -2.16. The molecule has 0 atom stereocenters. The van der Waals surface area contributed by atoms with Crippen molar-refractivity contribution >= 4 is 5.69 Å². The van der Waals surface area contributed by atoms with E-state index in [1.54, 1.807) is 0 Å². The fourth-order valence-corrected chi connectivity index (χ4v) is 2.93. The summed E-state index contributed by atoms with van der Waals surface area (Å²) in [4.78, 5) is 0. The maximum Gasteiger partial charge on any atom is 0.123 e. The Morgan fingerprint density at radius 2 is 1.59 bits per heavy atom. The summed E-state index contributed by atoms with van der Waals surface area (Å²) in [6, 6.07) is 14.6. The molecule has 1 N–H and O–H groups in total. The smallest absolute Gasteiger partial charge is 0.123 e. The van der Waals surface area contributed by atoms with Gasteiger partial charge in [-0.25, -0.2) is 0 Å². The lowest BCUT2D eigenvalue weighted by atomic mass is 9.80. The van der Waals surface area contributed by atoms with E-state index in [1.807, 2.05) is 31.2 Å². The second-order valence-corrected chi connectivity index (χ2v) is 8.95. The lowest BCUT2D eigenvalue weighted by Crippen LogP contribution is -2.19. The Bertz CT molecular complexity index is 739. The molecule has 0 heterocycles. The molecule has 0 aliphatic heterocycles. The fourth-order valence-electron chi connectivity index (χ4n) is 2.93. The molecule has 148 valence electrons. The van der Waals surface area contributed by atoms with Gasteiger partial charge in [-0.15, -0.1) is 0 Å². The van der Waals surface area contributed by atoms with E-state index < -0.39 is 0 Å². The van der Waals surface area contributed by atoms with Crippen molar-refractivity contribution < 1.29 is 9.47 Å². The molecule has 0 amide bonds. The van der Waals surface area contributed by atoms with Crippen LogP contribution in [0.2, 0.25) is 0 Å². The Labute approximate surface area is 165 Å². The first kappa shape index (κ1) is 21.1. The molecule has 3 nitrogen and oxygen atoms in total. The standard InChI is InChI=1S/C24H35NO2/c1-8-26-20-11-9-10-19(17-20)25-14-15-27-22-13-12-18(23(2,3)4)16-21(22)24(5,6)7/h9-13,16-17,25H,8,14-15H2,1-7H3. The molecule has 3 heteroatoms. The summed E-state index contributed by atoms with van der Waals surface area (Å²) >= 11 is 0. The average molecular weight is 370 g/mol. The fraction of sp³-hybridized carbons (Fsp3) is 0.500. The molecule has 0 aliphatic carbocycles. The number of hydrogen-bond donors (Lipinski definition) is 1. The SMILES string of the molecule is CCOc1cccc(NCCOc2ccc(C(C)(C)C)cc2C(C)(C)C)c1. The Kier molecular flexibility index (Phi) is 6.80. The van der Waals surface area contributed by atoms with Gasteiger partial charge < -0.3 is 14.8 Å². The molecule has 0 bridgehead atoms. The average Bonchev–Trinajstić information content (AvgIpc) is 2.58. The molecule has 0 unspecified atom stereocenters. The van der Waals surface area contributed by atoms with E-state index in [0.29, 0.717) is 13.2 Å². The van der Waals surface area contributed by atoms with Crippen LogP contribution >= 0.6 is 0 Å². The summed E-state index contributed by atoms with van der Waals surface area (Å²) in [6.07, 6.45) is 0. The van der Waals surface area contributed by atoms with E-state index in [1.165, 1.54) is 11.1 Å². The Balaban J connectivity index is 2.02. The van der Waals surface area contributed by atoms with Gasteiger partial charge in [-0.2, -0.15) is 0 Å². The first-order chi connectivity index (χ1) is 12.6. The third-order valence-electron chi connectivity index (χ3n) is 4.49. The van der Waals surface area contributed by atoms with Crippen LogP contribution in [-0.2, 0) is 10.8 Å². The highest BCUT2D eigenvalue weighted by atomic mass is 16.5. The van der Waals surface area contributed by atoms with Gasteiger partial charge in [-0.3, -0.25) is 0 Å². The van der Waals surface area contributed by atoms with E-state index in [2.05, 4.69) is 65.1 Å². The number of hydrogen-bond acceptors (Lipinski definition) is 3. The van der Waals surface area contributed by atoms with Crippen LogP contribution in [0.15, 0.2) is 42.5 Å². The lowest BCUT2D eigenvalue weighted by molar-refractivity contribution is 0.322. The predicted octanol–water partition coefficient (Wildman–Crippen LogP) is 6.17. The summed E-state index contributed by atoms with van der Waals surface area (Å²) in [5.41, 5.74) is 3.81. The highest BCUT2D eigenvalue weighted by Crippen LogP contribution is 2.35. The number of nitrogens with one attached hydrogen (secondary N) is 1. The maximum absolute atomic E-state index is 6.14. The van der Waals surface area contributed by atoms with Gasteiger partial charge in [0, 0.05) is 18.3 Å². The van der Waals surface area contributed by atoms with Gasteiger partial charge in [0.1, 0.15) is 18.1 Å². The van der Waals surface area contributed by atoms with Crippen LogP contribution in [0.3, 0.4) is 0 Å². The molecule has 0 fully saturated rings. The minimum atomic E-state index is 0.0375. The number of rotatable bonds is 7. The zero-order valence-electron chi connectivity index (χ0n) is 18.0. The van der Waals surface area contributed by atoms with Crippen LogP contribution in [0, 0.1) is 0 Å². The molecule has 0 aromatic heterocycles. The summed E-state index contributed by atoms with van der Waals surface area (Å²) in [7, 11) is 0. The molecular formula is C24H35NO2. The highest BCUT2D eigenvalue weighted by Gasteiger charge is 2.23. The number of benzene rings is 2. The lowest BCUT2D eigenvalue weighted by Gasteiger charge is -2.27. The predicted molar refractivity (Wildman–Crippen MR) is 115 cm³/mol. The van der Waals surface area contributed by atoms with E-state index >= 15 is 0 Å². The van der Waals surface area contributed by atoms with Crippen LogP contribution in [-0.4, -0.2) is 19.8 Å². The van der Waals surface area contributed by atoms with Crippen molar-refractivity contribution in [3.63, 3.8) is 0 Å². The van der Waals surface area contributed by atoms with Crippen LogP contribution in [0.1, 0.15) is 59.6 Å². The van der Waals surface area contributed by atoms with Crippen LogP contribution in [0.4, 0.5) is 5.69 Å². The second kappa shape index (κ2) is 8.69. The quantitative estimate of drug-likeness (QED) is 0.592. The third-order valence-corrected chi connectivity index (χ3v) is 4.49. The van der Waals surface area contributed by atoms with Crippen LogP contribution < -0.4 is 14.8 Å². The maximum atomic E-state index is 6.14. The summed E-state index contributed by atoms with van der Waals surface area (Å²) < 4.78 is 11.7. The van der Waals surface area contributed by atoms with Crippen LogP contribution in [0.25, 0.3) is 0 Å². The van der Waals surface area contributed by atoms with Gasteiger partial charge in [0.2, 0.25) is 0 Å². The van der Waals surface area contributed by atoms with E-state index in [0.717, 1.165) is 23.7 Å². The van der Waals surface area contributed by atoms with Crippen molar-refractivity contribution in [3.05, 3.63) is 53.6 Å². The molecular weight excluding hydrogens is 334 g/mol. The molecule has 2 rings (SSSR count). The first-order valence-corrected chi connectivity index (χ1v) is 9.86. The van der Waals surface area contributed by atoms with Crippen LogP contribution in [0.5, 0.6) is 11.5 Å². The molecule has 0 saturated carbocycles. The highest BCUT2D eigenvalue weighted by molar-refractivity contribution is 5.48. The summed E-state index contributed by atoms with van der Waals surface area (Å²) in [5, 5.41) is 3.40. The molecule has 2 aromatic carbocycles. The topological polar surface area (TPSA) is 30.5 Å². The summed E-state index contributed by atoms with van der Waals surface area (Å²) in [5.74, 6) is 1.86. The minimum Gasteiger partial charge on any atom is -0.494 e. The Morgan fingerprint density at radius 1 is 0.852 bits per heavy atom. The molecule has 0 aliphatic rings. The third kappa shape index (κ3) is 6.20. The molecule has 0 radical (unpaired) electrons. The van der Waals surface area contributed by atoms with Crippen molar-refractivity contribution in [2.75, 3.05) is 25.1 Å². The van der Waals surface area contributed by atoms with E-state index in [-0.39, 0.29) is 10.8 Å². The van der Waals surface area contributed by atoms with Crippen molar-refractivity contribution in [3.8, 4) is 11.5 Å². The van der Waals surface area contributed by atoms with Gasteiger partial charge in [0.05, 0.1) is 6.61 Å². The van der Waals surface area contributed by atoms with Gasteiger partial charge in [0.15, 0.2) is 0 Å². The van der Waals surface area contributed by atoms with Crippen molar-refractivity contribution in [1.29, 1.82) is 0 Å². The van der Waals surface area contributed by atoms with Crippen molar-refractivity contribution in [1.82, 2.24) is 0 Å². The molecule has 2 aromatic rings. The van der Waals surface area contributed by atoms with Gasteiger partial charge in [0.25, 0.3) is 0 Å². The number of anilines is 1.